The number of amides is 1. The number of rotatable bonds is 8. The van der Waals surface area contributed by atoms with Crippen LogP contribution in [-0.2, 0) is 4.79 Å². The molecule has 0 aliphatic carbocycles. The number of benzene rings is 1. The Morgan fingerprint density at radius 1 is 1.23 bits per heavy atom. The van der Waals surface area contributed by atoms with Gasteiger partial charge in [-0.3, -0.25) is 9.78 Å². The lowest BCUT2D eigenvalue weighted by molar-refractivity contribution is -0.121. The Morgan fingerprint density at radius 2 is 2.08 bits per heavy atom. The molecule has 6 heteroatoms. The Hall–Kier alpha value is -2.53. The highest BCUT2D eigenvalue weighted by molar-refractivity contribution is 6.30. The largest absolute Gasteiger partial charge is 0.372 e. The maximum absolute atomic E-state index is 12.1. The molecule has 1 aromatic carbocycles. The second-order valence-electron chi connectivity index (χ2n) is 6.22. The monoisotopic (exact) mass is 370 g/mol. The average molecular weight is 371 g/mol. The van der Waals surface area contributed by atoms with Gasteiger partial charge >= 0.3 is 0 Å². The predicted octanol–water partition coefficient (Wildman–Crippen LogP) is 3.15. The van der Waals surface area contributed by atoms with E-state index in [9.17, 15) is 4.79 Å². The number of aromatic nitrogens is 1. The zero-order valence-electron chi connectivity index (χ0n) is 14.5. The molecule has 1 aromatic heterocycles. The summed E-state index contributed by atoms with van der Waals surface area (Å²) in [7, 11) is 0. The van der Waals surface area contributed by atoms with Gasteiger partial charge in [-0.1, -0.05) is 29.8 Å². The van der Waals surface area contributed by atoms with Gasteiger partial charge in [-0.05, 0) is 42.7 Å². The van der Waals surface area contributed by atoms with Gasteiger partial charge < -0.3 is 16.0 Å². The van der Waals surface area contributed by atoms with Crippen LogP contribution < -0.4 is 16.0 Å². The molecule has 1 aliphatic heterocycles. The molecule has 1 amide bonds. The first-order chi connectivity index (χ1) is 12.7. The highest BCUT2D eigenvalue weighted by Gasteiger charge is 2.16. The molecule has 0 radical (unpaired) electrons. The Labute approximate surface area is 158 Å². The van der Waals surface area contributed by atoms with Crippen LogP contribution in [0, 0.1) is 0 Å². The molecule has 26 heavy (non-hydrogen) atoms. The number of nitrogens with one attached hydrogen (secondary N) is 3. The molecule has 136 valence electrons. The molecule has 2 heterocycles. The van der Waals surface area contributed by atoms with Gasteiger partial charge in [0.05, 0.1) is 6.67 Å². The van der Waals surface area contributed by atoms with Crippen LogP contribution in [-0.4, -0.2) is 24.1 Å². The van der Waals surface area contributed by atoms with E-state index < -0.39 is 0 Å². The molecule has 5 nitrogen and oxygen atoms in total. The molecule has 0 bridgehead atoms. The minimum Gasteiger partial charge on any atom is -0.372 e. The van der Waals surface area contributed by atoms with E-state index in [4.69, 9.17) is 11.6 Å². The molecule has 2 aromatic rings. The van der Waals surface area contributed by atoms with Crippen LogP contribution in [0.4, 0.5) is 0 Å². The van der Waals surface area contributed by atoms with E-state index in [1.807, 2.05) is 48.7 Å². The first-order valence-corrected chi connectivity index (χ1v) is 9.19. The molecule has 3 rings (SSSR count). The van der Waals surface area contributed by atoms with Crippen molar-refractivity contribution in [2.75, 3.05) is 13.2 Å². The second-order valence-corrected chi connectivity index (χ2v) is 6.66. The molecule has 3 N–H and O–H groups in total. The highest BCUT2D eigenvalue weighted by atomic mass is 35.5. The van der Waals surface area contributed by atoms with Crippen LogP contribution in [0.2, 0.25) is 5.02 Å². The molecule has 0 fully saturated rings. The predicted molar refractivity (Wildman–Crippen MR) is 104 cm³/mol. The summed E-state index contributed by atoms with van der Waals surface area (Å²) in [4.78, 5) is 16.6. The van der Waals surface area contributed by atoms with Crippen LogP contribution in [0.25, 0.3) is 0 Å². The van der Waals surface area contributed by atoms with Gasteiger partial charge in [-0.2, -0.15) is 0 Å². The van der Waals surface area contributed by atoms with Gasteiger partial charge in [0, 0.05) is 47.7 Å². The number of pyridine rings is 1. The van der Waals surface area contributed by atoms with Crippen molar-refractivity contribution in [1.29, 1.82) is 0 Å². The number of nitrogens with zero attached hydrogens (tertiary/aromatic N) is 1. The molecule has 0 saturated heterocycles. The Morgan fingerprint density at radius 3 is 2.77 bits per heavy atom. The van der Waals surface area contributed by atoms with Crippen molar-refractivity contribution in [1.82, 2.24) is 20.9 Å². The van der Waals surface area contributed by atoms with Crippen molar-refractivity contribution in [2.45, 2.75) is 25.2 Å². The smallest absolute Gasteiger partial charge is 0.220 e. The van der Waals surface area contributed by atoms with E-state index in [0.717, 1.165) is 36.5 Å². The third-order valence-corrected chi connectivity index (χ3v) is 4.64. The Bertz CT molecular complexity index is 746. The summed E-state index contributed by atoms with van der Waals surface area (Å²) >= 11 is 6.01. The minimum absolute atomic E-state index is 0.0653. The SMILES string of the molecule is O=C(CCC1=CNCN1)NCCC(c1ccc(Cl)cc1)c1ccccn1. The van der Waals surface area contributed by atoms with E-state index in [-0.39, 0.29) is 11.8 Å². The number of carbonyl (C=O) groups excluding carboxylic acids is 1. The van der Waals surface area contributed by atoms with Crippen molar-refractivity contribution < 1.29 is 4.79 Å². The first-order valence-electron chi connectivity index (χ1n) is 8.82. The molecule has 0 spiro atoms. The number of allylic oxidation sites excluding steroid dienone is 1. The van der Waals surface area contributed by atoms with E-state index in [1.54, 1.807) is 6.20 Å². The van der Waals surface area contributed by atoms with Gasteiger partial charge in [0.25, 0.3) is 0 Å². The van der Waals surface area contributed by atoms with Crippen molar-refractivity contribution in [2.24, 2.45) is 0 Å². The molecular formula is C20H23ClN4O. The van der Waals surface area contributed by atoms with Gasteiger partial charge in [0.15, 0.2) is 0 Å². The molecule has 0 saturated carbocycles. The quantitative estimate of drug-likeness (QED) is 0.667. The minimum atomic E-state index is 0.0653. The fourth-order valence-electron chi connectivity index (χ4n) is 3.01. The summed E-state index contributed by atoms with van der Waals surface area (Å²) < 4.78 is 0. The van der Waals surface area contributed by atoms with Crippen molar-refractivity contribution in [3.05, 3.63) is 76.8 Å². The van der Waals surface area contributed by atoms with E-state index >= 15 is 0 Å². The normalized spacial score (nSPS) is 14.1. The van der Waals surface area contributed by atoms with Crippen LogP contribution in [0.3, 0.4) is 0 Å². The standard InChI is InChI=1S/C20H23ClN4O/c21-16-6-4-15(5-7-16)18(19-3-1-2-11-23-19)10-12-24-20(26)9-8-17-13-22-14-25-17/h1-7,11,13,18,22,25H,8-10,12,14H2,(H,24,26). The van der Waals surface area contributed by atoms with Gasteiger partial charge in [0.2, 0.25) is 5.91 Å². The fraction of sp³-hybridized carbons (Fsp3) is 0.300. The summed E-state index contributed by atoms with van der Waals surface area (Å²) in [5.41, 5.74) is 3.22. The summed E-state index contributed by atoms with van der Waals surface area (Å²) in [5.74, 6) is 0.188. The highest BCUT2D eigenvalue weighted by Crippen LogP contribution is 2.27. The third-order valence-electron chi connectivity index (χ3n) is 4.39. The first kappa shape index (κ1) is 18.3. The third kappa shape index (κ3) is 5.23. The summed E-state index contributed by atoms with van der Waals surface area (Å²) in [6.45, 7) is 1.34. The Kier molecular flexibility index (Phi) is 6.50. The lowest BCUT2D eigenvalue weighted by Crippen LogP contribution is -2.26. The van der Waals surface area contributed by atoms with Crippen LogP contribution in [0.15, 0.2) is 60.6 Å². The number of halogens is 1. The Balaban J connectivity index is 1.56. The number of hydrogen-bond acceptors (Lipinski definition) is 4. The van der Waals surface area contributed by atoms with E-state index in [1.165, 1.54) is 0 Å². The van der Waals surface area contributed by atoms with Crippen LogP contribution in [0.5, 0.6) is 0 Å². The summed E-state index contributed by atoms with van der Waals surface area (Å²) in [5, 5.41) is 9.99. The topological polar surface area (TPSA) is 66.1 Å². The molecule has 1 unspecified atom stereocenters. The number of carbonyl (C=O) groups is 1. The molecule has 1 aliphatic rings. The molecular weight excluding hydrogens is 348 g/mol. The summed E-state index contributed by atoms with van der Waals surface area (Å²) in [6, 6.07) is 13.7. The van der Waals surface area contributed by atoms with Crippen molar-refractivity contribution in [3.8, 4) is 0 Å². The van der Waals surface area contributed by atoms with Crippen molar-refractivity contribution in [3.63, 3.8) is 0 Å². The van der Waals surface area contributed by atoms with Crippen molar-refractivity contribution >= 4 is 17.5 Å². The van der Waals surface area contributed by atoms with Crippen LogP contribution >= 0.6 is 11.6 Å². The van der Waals surface area contributed by atoms with Gasteiger partial charge in [-0.25, -0.2) is 0 Å². The van der Waals surface area contributed by atoms with Crippen LogP contribution in [0.1, 0.15) is 36.4 Å². The van der Waals surface area contributed by atoms with E-state index in [0.29, 0.717) is 18.0 Å². The zero-order valence-corrected chi connectivity index (χ0v) is 15.3. The lowest BCUT2D eigenvalue weighted by atomic mass is 9.92. The zero-order chi connectivity index (χ0) is 18.2. The molecule has 1 atom stereocenters. The maximum Gasteiger partial charge on any atom is 0.220 e. The van der Waals surface area contributed by atoms with Gasteiger partial charge in [0.1, 0.15) is 0 Å². The maximum atomic E-state index is 12.1. The van der Waals surface area contributed by atoms with Gasteiger partial charge in [-0.15, -0.1) is 0 Å². The fourth-order valence-corrected chi connectivity index (χ4v) is 3.13. The second kappa shape index (κ2) is 9.25. The average Bonchev–Trinajstić information content (AvgIpc) is 3.19. The summed E-state index contributed by atoms with van der Waals surface area (Å²) in [6.07, 6.45) is 5.71. The number of hydrogen-bond donors (Lipinski definition) is 3. The lowest BCUT2D eigenvalue weighted by Gasteiger charge is -2.17. The van der Waals surface area contributed by atoms with E-state index in [2.05, 4.69) is 20.9 Å².